The highest BCUT2D eigenvalue weighted by Crippen LogP contribution is 2.26. The molecule has 2 nitrogen and oxygen atoms in total. The number of alkyl halides is 1. The van der Waals surface area contributed by atoms with Crippen molar-refractivity contribution < 1.29 is 8.81 Å². The molecule has 56 valence electrons. The molecule has 0 saturated carbocycles. The molecule has 0 aliphatic rings. The van der Waals surface area contributed by atoms with Gasteiger partial charge in [-0.3, -0.25) is 0 Å². The molecule has 0 aliphatic carbocycles. The largest absolute Gasteiger partial charge is 0.443 e. The van der Waals surface area contributed by atoms with Gasteiger partial charge in [0, 0.05) is 6.07 Å². The Morgan fingerprint density at radius 3 is 2.30 bits per heavy atom. The van der Waals surface area contributed by atoms with Crippen LogP contribution in [-0.2, 0) is 5.67 Å². The highest BCUT2D eigenvalue weighted by atomic mass is 19.1. The molecule has 0 radical (unpaired) electrons. The Labute approximate surface area is 58.8 Å². The van der Waals surface area contributed by atoms with E-state index in [9.17, 15) is 4.39 Å². The maximum atomic E-state index is 13.0. The zero-order valence-corrected chi connectivity index (χ0v) is 6.02. The van der Waals surface area contributed by atoms with Crippen molar-refractivity contribution in [2.24, 2.45) is 0 Å². The van der Waals surface area contributed by atoms with Crippen molar-refractivity contribution in [2.75, 3.05) is 5.73 Å². The summed E-state index contributed by atoms with van der Waals surface area (Å²) in [5.41, 5.74) is 3.81. The Balaban J connectivity index is 2.96. The summed E-state index contributed by atoms with van der Waals surface area (Å²) in [5, 5.41) is 0. The second-order valence-corrected chi connectivity index (χ2v) is 2.67. The highest BCUT2D eigenvalue weighted by Gasteiger charge is 2.22. The van der Waals surface area contributed by atoms with Gasteiger partial charge in [0.05, 0.1) is 0 Å². The van der Waals surface area contributed by atoms with Crippen molar-refractivity contribution >= 4 is 5.88 Å². The summed E-state index contributed by atoms with van der Waals surface area (Å²) in [4.78, 5) is 0. The Bertz CT molecular complexity index is 224. The Morgan fingerprint density at radius 2 is 2.10 bits per heavy atom. The minimum atomic E-state index is -1.43. The first-order valence-electron chi connectivity index (χ1n) is 3.05. The van der Waals surface area contributed by atoms with Gasteiger partial charge >= 0.3 is 0 Å². The number of hydrogen-bond donors (Lipinski definition) is 1. The van der Waals surface area contributed by atoms with E-state index in [0.717, 1.165) is 0 Å². The van der Waals surface area contributed by atoms with Gasteiger partial charge in [-0.2, -0.15) is 0 Å². The van der Waals surface area contributed by atoms with Crippen molar-refractivity contribution in [3.8, 4) is 0 Å². The van der Waals surface area contributed by atoms with Crippen LogP contribution >= 0.6 is 0 Å². The molecule has 2 N–H and O–H groups in total. The van der Waals surface area contributed by atoms with E-state index < -0.39 is 5.67 Å². The molecule has 3 heteroatoms. The molecule has 0 bridgehead atoms. The lowest BCUT2D eigenvalue weighted by Crippen LogP contribution is -2.06. The molecule has 0 atom stereocenters. The molecule has 1 aromatic rings. The monoisotopic (exact) mass is 143 g/mol. The van der Waals surface area contributed by atoms with Gasteiger partial charge in [0.2, 0.25) is 0 Å². The van der Waals surface area contributed by atoms with E-state index in [1.165, 1.54) is 26.0 Å². The zero-order chi connectivity index (χ0) is 7.78. The average Bonchev–Trinajstić information content (AvgIpc) is 2.11. The SMILES string of the molecule is CC(C)(F)c1ccc(N)o1. The van der Waals surface area contributed by atoms with Crippen LogP contribution in [0, 0.1) is 0 Å². The first-order valence-corrected chi connectivity index (χ1v) is 3.05. The fraction of sp³-hybridized carbons (Fsp3) is 0.429. The summed E-state index contributed by atoms with van der Waals surface area (Å²) in [6.45, 7) is 2.84. The van der Waals surface area contributed by atoms with Crippen LogP contribution in [0.1, 0.15) is 19.6 Å². The molecule has 1 heterocycles. The van der Waals surface area contributed by atoms with Crippen molar-refractivity contribution in [1.82, 2.24) is 0 Å². The lowest BCUT2D eigenvalue weighted by atomic mass is 10.1. The topological polar surface area (TPSA) is 39.2 Å². The standard InChI is InChI=1S/C7H10FNO/c1-7(2,8)5-3-4-6(9)10-5/h3-4H,9H2,1-2H3. The number of nitrogen functional groups attached to an aromatic ring is 1. The van der Waals surface area contributed by atoms with Crippen LogP contribution in [0.4, 0.5) is 10.3 Å². The molecular weight excluding hydrogens is 133 g/mol. The Kier molecular flexibility index (Phi) is 1.43. The van der Waals surface area contributed by atoms with Crippen LogP contribution in [0.15, 0.2) is 16.5 Å². The van der Waals surface area contributed by atoms with Crippen molar-refractivity contribution in [1.29, 1.82) is 0 Å². The Morgan fingerprint density at radius 1 is 1.50 bits per heavy atom. The molecule has 1 aromatic heterocycles. The van der Waals surface area contributed by atoms with E-state index in [1.54, 1.807) is 0 Å². The third-order valence-corrected chi connectivity index (χ3v) is 1.21. The van der Waals surface area contributed by atoms with Crippen molar-refractivity contribution in [3.63, 3.8) is 0 Å². The molecule has 1 rings (SSSR count). The van der Waals surface area contributed by atoms with Gasteiger partial charge in [-0.1, -0.05) is 0 Å². The molecule has 0 amide bonds. The number of hydrogen-bond acceptors (Lipinski definition) is 2. The summed E-state index contributed by atoms with van der Waals surface area (Å²) in [5.74, 6) is 0.519. The first-order chi connectivity index (χ1) is 4.50. The van der Waals surface area contributed by atoms with Gasteiger partial charge in [0.15, 0.2) is 11.6 Å². The van der Waals surface area contributed by atoms with Crippen LogP contribution in [0.3, 0.4) is 0 Å². The predicted octanol–water partition coefficient (Wildman–Crippen LogP) is 2.07. The van der Waals surface area contributed by atoms with Crippen molar-refractivity contribution in [3.05, 3.63) is 17.9 Å². The van der Waals surface area contributed by atoms with Gasteiger partial charge in [0.25, 0.3) is 0 Å². The van der Waals surface area contributed by atoms with Gasteiger partial charge in [-0.25, -0.2) is 4.39 Å². The maximum absolute atomic E-state index is 13.0. The molecular formula is C7H10FNO. The number of furan rings is 1. The minimum absolute atomic E-state index is 0.251. The fourth-order valence-electron chi connectivity index (χ4n) is 0.672. The molecule has 0 aliphatic heterocycles. The summed E-state index contributed by atoms with van der Waals surface area (Å²) in [6.07, 6.45) is 0. The van der Waals surface area contributed by atoms with E-state index in [2.05, 4.69) is 0 Å². The van der Waals surface area contributed by atoms with E-state index in [0.29, 0.717) is 0 Å². The zero-order valence-electron chi connectivity index (χ0n) is 6.02. The predicted molar refractivity (Wildman–Crippen MR) is 37.3 cm³/mol. The lowest BCUT2D eigenvalue weighted by Gasteiger charge is -2.08. The number of halogens is 1. The van der Waals surface area contributed by atoms with E-state index in [-0.39, 0.29) is 11.6 Å². The van der Waals surface area contributed by atoms with Crippen LogP contribution < -0.4 is 5.73 Å². The summed E-state index contributed by atoms with van der Waals surface area (Å²) in [7, 11) is 0. The normalized spacial score (nSPS) is 11.9. The molecule has 0 spiro atoms. The summed E-state index contributed by atoms with van der Waals surface area (Å²) in [6, 6.07) is 3.08. The van der Waals surface area contributed by atoms with E-state index in [1.807, 2.05) is 0 Å². The number of nitrogens with two attached hydrogens (primary N) is 1. The summed E-state index contributed by atoms with van der Waals surface area (Å²) < 4.78 is 17.8. The van der Waals surface area contributed by atoms with Crippen LogP contribution in [-0.4, -0.2) is 0 Å². The first kappa shape index (κ1) is 7.12. The molecule has 0 fully saturated rings. The molecule has 10 heavy (non-hydrogen) atoms. The second-order valence-electron chi connectivity index (χ2n) is 2.67. The number of rotatable bonds is 1. The van der Waals surface area contributed by atoms with Crippen LogP contribution in [0.25, 0.3) is 0 Å². The lowest BCUT2D eigenvalue weighted by molar-refractivity contribution is 0.181. The van der Waals surface area contributed by atoms with Gasteiger partial charge < -0.3 is 10.2 Å². The molecule has 0 unspecified atom stereocenters. The Hall–Kier alpha value is -0.990. The average molecular weight is 143 g/mol. The smallest absolute Gasteiger partial charge is 0.190 e. The summed E-state index contributed by atoms with van der Waals surface area (Å²) >= 11 is 0. The third-order valence-electron chi connectivity index (χ3n) is 1.21. The van der Waals surface area contributed by atoms with E-state index >= 15 is 0 Å². The molecule has 0 aromatic carbocycles. The second kappa shape index (κ2) is 2.01. The van der Waals surface area contributed by atoms with Gasteiger partial charge in [0.1, 0.15) is 5.76 Å². The van der Waals surface area contributed by atoms with Crippen molar-refractivity contribution in [2.45, 2.75) is 19.5 Å². The quantitative estimate of drug-likeness (QED) is 0.653. The third kappa shape index (κ3) is 1.29. The van der Waals surface area contributed by atoms with E-state index in [4.69, 9.17) is 10.2 Å². The van der Waals surface area contributed by atoms with Crippen LogP contribution in [0.2, 0.25) is 0 Å². The fourth-order valence-corrected chi connectivity index (χ4v) is 0.672. The van der Waals surface area contributed by atoms with Gasteiger partial charge in [-0.05, 0) is 19.9 Å². The highest BCUT2D eigenvalue weighted by molar-refractivity contribution is 5.27. The van der Waals surface area contributed by atoms with Gasteiger partial charge in [-0.15, -0.1) is 0 Å². The number of anilines is 1. The minimum Gasteiger partial charge on any atom is -0.443 e. The molecule has 0 saturated heterocycles. The maximum Gasteiger partial charge on any atom is 0.190 e. The van der Waals surface area contributed by atoms with Crippen LogP contribution in [0.5, 0.6) is 0 Å².